The molecule has 2 aromatic carbocycles. The fourth-order valence-electron chi connectivity index (χ4n) is 3.66. The van der Waals surface area contributed by atoms with Crippen molar-refractivity contribution < 1.29 is 0 Å². The third-order valence-electron chi connectivity index (χ3n) is 5.08. The van der Waals surface area contributed by atoms with Crippen LogP contribution in [-0.2, 0) is 0 Å². The Labute approximate surface area is 152 Å². The van der Waals surface area contributed by atoms with E-state index in [1.54, 1.807) is 0 Å². The maximum Gasteiger partial charge on any atom is 0.225 e. The van der Waals surface area contributed by atoms with Gasteiger partial charge in [0.1, 0.15) is 0 Å². The van der Waals surface area contributed by atoms with Crippen LogP contribution in [0.4, 0.5) is 5.95 Å². The van der Waals surface area contributed by atoms with Crippen molar-refractivity contribution in [3.05, 3.63) is 73.4 Å². The van der Waals surface area contributed by atoms with Gasteiger partial charge in [-0.2, -0.15) is 0 Å². The second kappa shape index (κ2) is 6.26. The summed E-state index contributed by atoms with van der Waals surface area (Å²) < 4.78 is 2.17. The van der Waals surface area contributed by atoms with Gasteiger partial charge in [0.25, 0.3) is 0 Å². The summed E-state index contributed by atoms with van der Waals surface area (Å²) in [6, 6.07) is 17.3. The van der Waals surface area contributed by atoms with Crippen molar-refractivity contribution in [1.82, 2.24) is 19.5 Å². The molecule has 4 aromatic rings. The van der Waals surface area contributed by atoms with Gasteiger partial charge < -0.3 is 9.47 Å². The Balaban J connectivity index is 1.43. The van der Waals surface area contributed by atoms with Crippen molar-refractivity contribution in [2.75, 3.05) is 18.0 Å². The molecule has 1 aliphatic rings. The lowest BCUT2D eigenvalue weighted by Crippen LogP contribution is -2.22. The molecule has 128 valence electrons. The van der Waals surface area contributed by atoms with Gasteiger partial charge in [0.05, 0.1) is 18.1 Å². The highest BCUT2D eigenvalue weighted by Crippen LogP contribution is 2.27. The number of aromatic nitrogens is 4. The molecule has 0 radical (unpaired) electrons. The highest BCUT2D eigenvalue weighted by atomic mass is 15.3. The summed E-state index contributed by atoms with van der Waals surface area (Å²) in [7, 11) is 0. The first-order valence-corrected chi connectivity index (χ1v) is 8.91. The van der Waals surface area contributed by atoms with Gasteiger partial charge in [-0.25, -0.2) is 15.0 Å². The zero-order valence-corrected chi connectivity index (χ0v) is 14.4. The Kier molecular flexibility index (Phi) is 3.63. The number of hydrogen-bond acceptors (Lipinski definition) is 4. The van der Waals surface area contributed by atoms with Crippen molar-refractivity contribution in [3.63, 3.8) is 0 Å². The minimum atomic E-state index is 0.436. The predicted molar refractivity (Wildman–Crippen MR) is 103 cm³/mol. The first-order chi connectivity index (χ1) is 12.9. The lowest BCUT2D eigenvalue weighted by molar-refractivity contribution is 0.551. The molecule has 0 N–H and O–H groups in total. The molecule has 0 bridgehead atoms. The van der Waals surface area contributed by atoms with Crippen LogP contribution in [0, 0.1) is 0 Å². The van der Waals surface area contributed by atoms with Crippen molar-refractivity contribution >= 4 is 16.7 Å². The number of rotatable bonds is 3. The molecule has 5 rings (SSSR count). The van der Waals surface area contributed by atoms with E-state index in [2.05, 4.69) is 61.9 Å². The van der Waals surface area contributed by atoms with Crippen LogP contribution in [0.2, 0.25) is 0 Å². The molecule has 0 saturated carbocycles. The fourth-order valence-corrected chi connectivity index (χ4v) is 3.66. The zero-order valence-electron chi connectivity index (χ0n) is 14.4. The van der Waals surface area contributed by atoms with E-state index in [4.69, 9.17) is 4.98 Å². The standard InChI is InChI=1S/C21H19N5/c1-2-4-17-13-18(6-5-16(17)3-1)20-7-9-23-21(24-20)25-11-8-19(14-25)26-12-10-22-15-26/h1-7,9-10,12-13,15,19H,8,11,14H2/t19-/m1/s1. The minimum Gasteiger partial charge on any atom is -0.339 e. The first-order valence-electron chi connectivity index (χ1n) is 8.91. The minimum absolute atomic E-state index is 0.436. The molecule has 1 fully saturated rings. The van der Waals surface area contributed by atoms with Gasteiger partial charge in [0.2, 0.25) is 5.95 Å². The number of benzene rings is 2. The van der Waals surface area contributed by atoms with Crippen LogP contribution < -0.4 is 4.90 Å². The van der Waals surface area contributed by atoms with Gasteiger partial charge in [-0.3, -0.25) is 0 Å². The molecule has 2 aromatic heterocycles. The van der Waals surface area contributed by atoms with Gasteiger partial charge in [-0.05, 0) is 29.3 Å². The van der Waals surface area contributed by atoms with E-state index in [1.165, 1.54) is 10.8 Å². The summed E-state index contributed by atoms with van der Waals surface area (Å²) in [5, 5.41) is 2.47. The Morgan fingerprint density at radius 2 is 1.88 bits per heavy atom. The SMILES string of the molecule is c1ccc2cc(-c3ccnc(N4CC[C@@H](n5ccnc5)C4)n3)ccc2c1. The normalized spacial score (nSPS) is 17.1. The van der Waals surface area contributed by atoms with Crippen LogP contribution in [0.5, 0.6) is 0 Å². The zero-order chi connectivity index (χ0) is 17.3. The Morgan fingerprint density at radius 1 is 0.962 bits per heavy atom. The van der Waals surface area contributed by atoms with E-state index in [-0.39, 0.29) is 0 Å². The summed E-state index contributed by atoms with van der Waals surface area (Å²) in [5.41, 5.74) is 2.09. The average Bonchev–Trinajstić information content (AvgIpc) is 3.39. The quantitative estimate of drug-likeness (QED) is 0.566. The topological polar surface area (TPSA) is 46.8 Å². The highest BCUT2D eigenvalue weighted by molar-refractivity contribution is 5.86. The first kappa shape index (κ1) is 15.1. The number of imidazole rings is 1. The molecule has 1 aliphatic heterocycles. The molecular weight excluding hydrogens is 322 g/mol. The van der Waals surface area contributed by atoms with Crippen LogP contribution in [0.25, 0.3) is 22.0 Å². The molecule has 1 atom stereocenters. The summed E-state index contributed by atoms with van der Waals surface area (Å²) in [6.45, 7) is 1.88. The van der Waals surface area contributed by atoms with Gasteiger partial charge >= 0.3 is 0 Å². The molecule has 1 saturated heterocycles. The van der Waals surface area contributed by atoms with Crippen LogP contribution in [0.3, 0.4) is 0 Å². The van der Waals surface area contributed by atoms with E-state index in [0.717, 1.165) is 36.7 Å². The molecule has 0 aliphatic carbocycles. The second-order valence-electron chi connectivity index (χ2n) is 6.70. The molecule has 0 spiro atoms. The number of fused-ring (bicyclic) bond motifs is 1. The van der Waals surface area contributed by atoms with Crippen LogP contribution in [0.15, 0.2) is 73.4 Å². The van der Waals surface area contributed by atoms with Crippen molar-refractivity contribution in [3.8, 4) is 11.3 Å². The molecule has 5 heteroatoms. The van der Waals surface area contributed by atoms with E-state index in [1.807, 2.05) is 31.0 Å². The summed E-state index contributed by atoms with van der Waals surface area (Å²) in [4.78, 5) is 15.8. The van der Waals surface area contributed by atoms with Crippen LogP contribution >= 0.6 is 0 Å². The average molecular weight is 341 g/mol. The van der Waals surface area contributed by atoms with E-state index >= 15 is 0 Å². The molecule has 3 heterocycles. The van der Waals surface area contributed by atoms with Gasteiger partial charge in [-0.15, -0.1) is 0 Å². The summed E-state index contributed by atoms with van der Waals surface area (Å²) >= 11 is 0. The summed E-state index contributed by atoms with van der Waals surface area (Å²) in [6.07, 6.45) is 8.69. The van der Waals surface area contributed by atoms with Crippen LogP contribution in [-0.4, -0.2) is 32.6 Å². The maximum absolute atomic E-state index is 4.84. The number of nitrogens with zero attached hydrogens (tertiary/aromatic N) is 5. The smallest absolute Gasteiger partial charge is 0.225 e. The van der Waals surface area contributed by atoms with E-state index in [0.29, 0.717) is 6.04 Å². The van der Waals surface area contributed by atoms with Crippen molar-refractivity contribution in [2.45, 2.75) is 12.5 Å². The second-order valence-corrected chi connectivity index (χ2v) is 6.70. The fraction of sp³-hybridized carbons (Fsp3) is 0.190. The Morgan fingerprint density at radius 3 is 2.77 bits per heavy atom. The Hall–Kier alpha value is -3.21. The van der Waals surface area contributed by atoms with E-state index in [9.17, 15) is 0 Å². The lowest BCUT2D eigenvalue weighted by Gasteiger charge is -2.17. The third-order valence-corrected chi connectivity index (χ3v) is 5.08. The molecule has 26 heavy (non-hydrogen) atoms. The number of hydrogen-bond donors (Lipinski definition) is 0. The van der Waals surface area contributed by atoms with Gasteiger partial charge in [0.15, 0.2) is 0 Å². The summed E-state index contributed by atoms with van der Waals surface area (Å²) in [5.74, 6) is 0.804. The number of anilines is 1. The highest BCUT2D eigenvalue weighted by Gasteiger charge is 2.25. The molecule has 0 amide bonds. The lowest BCUT2D eigenvalue weighted by atomic mass is 10.1. The van der Waals surface area contributed by atoms with Gasteiger partial charge in [-0.1, -0.05) is 36.4 Å². The largest absolute Gasteiger partial charge is 0.339 e. The predicted octanol–water partition coefficient (Wildman–Crippen LogP) is 3.94. The third kappa shape index (κ3) is 2.71. The Bertz CT molecular complexity index is 1040. The van der Waals surface area contributed by atoms with Crippen molar-refractivity contribution in [2.24, 2.45) is 0 Å². The van der Waals surface area contributed by atoms with Crippen molar-refractivity contribution in [1.29, 1.82) is 0 Å². The van der Waals surface area contributed by atoms with Crippen LogP contribution in [0.1, 0.15) is 12.5 Å². The molecular formula is C21H19N5. The maximum atomic E-state index is 4.84. The van der Waals surface area contributed by atoms with E-state index < -0.39 is 0 Å². The van der Waals surface area contributed by atoms with Gasteiger partial charge in [0, 0.05) is 37.2 Å². The molecule has 5 nitrogen and oxygen atoms in total. The monoisotopic (exact) mass is 341 g/mol. The molecule has 0 unspecified atom stereocenters.